The normalized spacial score (nSPS) is 11.9. The standard InChI is InChI=1S/C54H34N2S/c1-3-13-35(14-4-1)37-17-11-18-40(31-37)55-48-22-9-7-19-43(48)46-32-38(25-29-50(46)55)39-26-30-51-47(33-39)44-20-8-10-23-49(44)56(51)41-27-28-45-53(34-41)57-52-24-12-21-42(54(45)52)36-15-5-2-6-16-36/h1-34H. The average Bonchev–Trinajstić information content (AvgIpc) is 3.94. The van der Waals surface area contributed by atoms with Gasteiger partial charge in [-0.3, -0.25) is 0 Å². The Morgan fingerprint density at radius 2 is 0.807 bits per heavy atom. The van der Waals surface area contributed by atoms with Gasteiger partial charge < -0.3 is 9.13 Å². The van der Waals surface area contributed by atoms with Crippen LogP contribution in [0.5, 0.6) is 0 Å². The molecule has 0 aliphatic carbocycles. The molecule has 0 aliphatic heterocycles. The molecule has 3 aromatic heterocycles. The van der Waals surface area contributed by atoms with Crippen molar-refractivity contribution in [2.24, 2.45) is 0 Å². The Morgan fingerprint density at radius 1 is 0.281 bits per heavy atom. The molecule has 3 heterocycles. The van der Waals surface area contributed by atoms with E-state index in [1.165, 1.54) is 103 Å². The van der Waals surface area contributed by atoms with Crippen LogP contribution < -0.4 is 0 Å². The quantitative estimate of drug-likeness (QED) is 0.166. The molecule has 0 saturated carbocycles. The smallest absolute Gasteiger partial charge is 0.0541 e. The molecule has 0 bridgehead atoms. The van der Waals surface area contributed by atoms with E-state index in [0.717, 1.165) is 5.69 Å². The lowest BCUT2D eigenvalue weighted by Crippen LogP contribution is -1.94. The van der Waals surface area contributed by atoms with Gasteiger partial charge in [0, 0.05) is 53.1 Å². The largest absolute Gasteiger partial charge is 0.309 e. The summed E-state index contributed by atoms with van der Waals surface area (Å²) < 4.78 is 7.47. The van der Waals surface area contributed by atoms with E-state index >= 15 is 0 Å². The van der Waals surface area contributed by atoms with E-state index in [9.17, 15) is 0 Å². The molecule has 12 rings (SSSR count). The van der Waals surface area contributed by atoms with E-state index in [4.69, 9.17) is 0 Å². The lowest BCUT2D eigenvalue weighted by atomic mass is 9.99. The van der Waals surface area contributed by atoms with Crippen LogP contribution in [0, 0.1) is 0 Å². The van der Waals surface area contributed by atoms with Gasteiger partial charge in [-0.25, -0.2) is 0 Å². The van der Waals surface area contributed by atoms with E-state index in [2.05, 4.69) is 215 Å². The minimum absolute atomic E-state index is 1.16. The van der Waals surface area contributed by atoms with Crippen LogP contribution in [0.25, 0.3) is 109 Å². The fraction of sp³-hybridized carbons (Fsp3) is 0. The highest BCUT2D eigenvalue weighted by molar-refractivity contribution is 7.26. The minimum Gasteiger partial charge on any atom is -0.309 e. The maximum Gasteiger partial charge on any atom is 0.0541 e. The van der Waals surface area contributed by atoms with Crippen molar-refractivity contribution in [3.8, 4) is 44.8 Å². The van der Waals surface area contributed by atoms with Crippen molar-refractivity contribution in [2.75, 3.05) is 0 Å². The molecule has 0 aliphatic rings. The summed E-state index contributed by atoms with van der Waals surface area (Å²) in [6.07, 6.45) is 0. The lowest BCUT2D eigenvalue weighted by molar-refractivity contribution is 1.18. The number of aromatic nitrogens is 2. The predicted octanol–water partition coefficient (Wildman–Crippen LogP) is 15.2. The number of rotatable bonds is 5. The average molecular weight is 743 g/mol. The summed E-state index contributed by atoms with van der Waals surface area (Å²) in [4.78, 5) is 0. The Labute approximate surface area is 333 Å². The molecular weight excluding hydrogens is 709 g/mol. The molecule has 266 valence electrons. The Hall–Kier alpha value is -7.20. The van der Waals surface area contributed by atoms with E-state index in [1.807, 2.05) is 11.3 Å². The maximum atomic E-state index is 2.44. The third-order valence-electron chi connectivity index (χ3n) is 11.7. The van der Waals surface area contributed by atoms with Crippen LogP contribution in [0.15, 0.2) is 206 Å². The van der Waals surface area contributed by atoms with E-state index in [0.29, 0.717) is 0 Å². The van der Waals surface area contributed by atoms with Crippen molar-refractivity contribution in [1.29, 1.82) is 0 Å². The number of fused-ring (bicyclic) bond motifs is 9. The Bertz CT molecular complexity index is 3510. The molecule has 0 fully saturated rings. The van der Waals surface area contributed by atoms with Crippen LogP contribution in [0.1, 0.15) is 0 Å². The van der Waals surface area contributed by atoms with Gasteiger partial charge in [0.25, 0.3) is 0 Å². The third-order valence-corrected chi connectivity index (χ3v) is 12.8. The van der Waals surface area contributed by atoms with Crippen molar-refractivity contribution in [2.45, 2.75) is 0 Å². The van der Waals surface area contributed by atoms with Gasteiger partial charge in [-0.2, -0.15) is 0 Å². The molecular formula is C54H34N2S. The Kier molecular flexibility index (Phi) is 7.13. The first kappa shape index (κ1) is 32.1. The molecule has 2 nitrogen and oxygen atoms in total. The molecule has 9 aromatic carbocycles. The first-order valence-electron chi connectivity index (χ1n) is 19.5. The topological polar surface area (TPSA) is 9.86 Å². The number of nitrogens with zero attached hydrogens (tertiary/aromatic N) is 2. The fourth-order valence-electron chi connectivity index (χ4n) is 9.13. The van der Waals surface area contributed by atoms with Gasteiger partial charge >= 0.3 is 0 Å². The first-order valence-corrected chi connectivity index (χ1v) is 20.3. The molecule has 0 atom stereocenters. The Morgan fingerprint density at radius 3 is 1.47 bits per heavy atom. The van der Waals surface area contributed by atoms with Crippen molar-refractivity contribution in [3.63, 3.8) is 0 Å². The summed E-state index contributed by atoms with van der Waals surface area (Å²) in [6, 6.07) is 75.6. The highest BCUT2D eigenvalue weighted by atomic mass is 32.1. The zero-order valence-corrected chi connectivity index (χ0v) is 31.7. The summed E-state index contributed by atoms with van der Waals surface area (Å²) in [5, 5.41) is 7.66. The molecule has 3 heteroatoms. The van der Waals surface area contributed by atoms with Gasteiger partial charge in [-0.1, -0.05) is 140 Å². The van der Waals surface area contributed by atoms with Crippen LogP contribution in [0.3, 0.4) is 0 Å². The van der Waals surface area contributed by atoms with Gasteiger partial charge in [0.05, 0.1) is 22.1 Å². The van der Waals surface area contributed by atoms with Gasteiger partial charge in [0.2, 0.25) is 0 Å². The van der Waals surface area contributed by atoms with E-state index < -0.39 is 0 Å². The summed E-state index contributed by atoms with van der Waals surface area (Å²) in [7, 11) is 0. The molecule has 12 aromatic rings. The van der Waals surface area contributed by atoms with Crippen LogP contribution >= 0.6 is 11.3 Å². The number of hydrogen-bond acceptors (Lipinski definition) is 1. The van der Waals surface area contributed by atoms with Gasteiger partial charge in [-0.05, 0) is 100 Å². The first-order chi connectivity index (χ1) is 28.3. The van der Waals surface area contributed by atoms with E-state index in [-0.39, 0.29) is 0 Å². The van der Waals surface area contributed by atoms with Crippen molar-refractivity contribution in [1.82, 2.24) is 9.13 Å². The third kappa shape index (κ3) is 5.03. The van der Waals surface area contributed by atoms with Crippen molar-refractivity contribution < 1.29 is 0 Å². The number of hydrogen-bond donors (Lipinski definition) is 0. The van der Waals surface area contributed by atoms with E-state index in [1.54, 1.807) is 0 Å². The monoisotopic (exact) mass is 742 g/mol. The van der Waals surface area contributed by atoms with Crippen LogP contribution in [0.2, 0.25) is 0 Å². The van der Waals surface area contributed by atoms with Gasteiger partial charge in [-0.15, -0.1) is 11.3 Å². The summed E-state index contributed by atoms with van der Waals surface area (Å²) in [5.41, 5.74) is 14.6. The zero-order chi connectivity index (χ0) is 37.5. The Balaban J connectivity index is 0.992. The highest BCUT2D eigenvalue weighted by Gasteiger charge is 2.18. The maximum absolute atomic E-state index is 2.44. The number of benzene rings is 9. The summed E-state index contributed by atoms with van der Waals surface area (Å²) >= 11 is 1.88. The molecule has 0 spiro atoms. The number of para-hydroxylation sites is 2. The van der Waals surface area contributed by atoms with Crippen molar-refractivity contribution in [3.05, 3.63) is 206 Å². The second-order valence-corrected chi connectivity index (χ2v) is 16.0. The predicted molar refractivity (Wildman–Crippen MR) is 244 cm³/mol. The van der Waals surface area contributed by atoms with Crippen LogP contribution in [-0.4, -0.2) is 9.13 Å². The summed E-state index contributed by atoms with van der Waals surface area (Å²) in [6.45, 7) is 0. The minimum atomic E-state index is 1.16. The number of thiophene rings is 1. The molecule has 0 amide bonds. The lowest BCUT2D eigenvalue weighted by Gasteiger charge is -2.11. The molecule has 0 unspecified atom stereocenters. The summed E-state index contributed by atoms with van der Waals surface area (Å²) in [5.74, 6) is 0. The molecule has 0 radical (unpaired) electrons. The van der Waals surface area contributed by atoms with Crippen LogP contribution in [0.4, 0.5) is 0 Å². The molecule has 57 heavy (non-hydrogen) atoms. The van der Waals surface area contributed by atoms with Crippen molar-refractivity contribution >= 4 is 75.1 Å². The molecule has 0 N–H and O–H groups in total. The highest BCUT2D eigenvalue weighted by Crippen LogP contribution is 2.43. The fourth-order valence-corrected chi connectivity index (χ4v) is 10.3. The van der Waals surface area contributed by atoms with Crippen LogP contribution in [-0.2, 0) is 0 Å². The zero-order valence-electron chi connectivity index (χ0n) is 30.9. The van der Waals surface area contributed by atoms with Gasteiger partial charge in [0.15, 0.2) is 0 Å². The SMILES string of the molecule is c1ccc(-c2cccc(-n3c4ccccc4c4cc(-c5ccc6c(c5)c5ccccc5n6-c5ccc6c(c5)sc5cccc(-c7ccccc7)c56)ccc43)c2)cc1. The second-order valence-electron chi connectivity index (χ2n) is 14.9. The second kappa shape index (κ2) is 12.7. The van der Waals surface area contributed by atoms with Gasteiger partial charge in [0.1, 0.15) is 0 Å². The molecule has 0 saturated heterocycles.